The van der Waals surface area contributed by atoms with Crippen molar-refractivity contribution in [2.24, 2.45) is 0 Å². The van der Waals surface area contributed by atoms with Gasteiger partial charge in [0.1, 0.15) is 0 Å². The molecular weight excluding hydrogens is 412 g/mol. The molecule has 0 aliphatic carbocycles. The van der Waals surface area contributed by atoms with Gasteiger partial charge in [-0.2, -0.15) is 5.10 Å². The number of benzene rings is 2. The van der Waals surface area contributed by atoms with Crippen LogP contribution in [0, 0.1) is 6.92 Å². The van der Waals surface area contributed by atoms with E-state index in [1.54, 1.807) is 10.9 Å². The normalized spacial score (nSPS) is 20.2. The third-order valence-electron chi connectivity index (χ3n) is 7.15. The van der Waals surface area contributed by atoms with Crippen LogP contribution in [0.1, 0.15) is 47.2 Å². The van der Waals surface area contributed by atoms with Gasteiger partial charge in [0.2, 0.25) is 0 Å². The Morgan fingerprint density at radius 1 is 1.09 bits per heavy atom. The minimum atomic E-state index is -0.0559. The number of carbonyl (C=O) groups is 1. The molecule has 0 saturated carbocycles. The minimum Gasteiger partial charge on any atom is -0.370 e. The van der Waals surface area contributed by atoms with E-state index in [4.69, 9.17) is 4.74 Å². The Hall–Kier alpha value is -2.96. The fourth-order valence-electron chi connectivity index (χ4n) is 5.05. The van der Waals surface area contributed by atoms with Gasteiger partial charge in [-0.05, 0) is 74.1 Å². The van der Waals surface area contributed by atoms with Crippen molar-refractivity contribution >= 4 is 5.91 Å². The van der Waals surface area contributed by atoms with Crippen molar-refractivity contribution in [3.05, 3.63) is 83.7 Å². The third kappa shape index (κ3) is 5.02. The first-order valence-corrected chi connectivity index (χ1v) is 11.9. The Balaban J connectivity index is 1.09. The van der Waals surface area contributed by atoms with Gasteiger partial charge in [-0.25, -0.2) is 4.68 Å². The lowest BCUT2D eigenvalue weighted by Gasteiger charge is -2.39. The van der Waals surface area contributed by atoms with Crippen molar-refractivity contribution in [3.63, 3.8) is 0 Å². The van der Waals surface area contributed by atoms with Gasteiger partial charge in [0.25, 0.3) is 5.91 Å². The average molecular weight is 445 g/mol. The highest BCUT2D eigenvalue weighted by Gasteiger charge is 2.42. The van der Waals surface area contributed by atoms with Crippen LogP contribution in [0.25, 0.3) is 5.69 Å². The van der Waals surface area contributed by atoms with E-state index in [-0.39, 0.29) is 17.6 Å². The summed E-state index contributed by atoms with van der Waals surface area (Å²) in [4.78, 5) is 15.2. The highest BCUT2D eigenvalue weighted by atomic mass is 16.5. The van der Waals surface area contributed by atoms with Crippen molar-refractivity contribution in [3.8, 4) is 5.69 Å². The third-order valence-corrected chi connectivity index (χ3v) is 7.15. The van der Waals surface area contributed by atoms with E-state index in [2.05, 4.69) is 46.5 Å². The molecule has 0 bridgehead atoms. The lowest BCUT2D eigenvalue weighted by atomic mass is 9.88. The quantitative estimate of drug-likeness (QED) is 0.621. The smallest absolute Gasteiger partial charge is 0.251 e. The zero-order chi connectivity index (χ0) is 22.7. The maximum Gasteiger partial charge on any atom is 0.251 e. The topological polar surface area (TPSA) is 59.4 Å². The second-order valence-corrected chi connectivity index (χ2v) is 9.37. The fourth-order valence-corrected chi connectivity index (χ4v) is 5.05. The average Bonchev–Trinajstić information content (AvgIpc) is 3.52. The van der Waals surface area contributed by atoms with E-state index in [0.717, 1.165) is 51.0 Å². The molecule has 33 heavy (non-hydrogen) atoms. The number of rotatable bonds is 6. The summed E-state index contributed by atoms with van der Waals surface area (Å²) < 4.78 is 8.29. The molecule has 1 atom stereocenters. The van der Waals surface area contributed by atoms with Gasteiger partial charge < -0.3 is 10.1 Å². The van der Waals surface area contributed by atoms with Crippen LogP contribution in [-0.4, -0.2) is 51.9 Å². The van der Waals surface area contributed by atoms with Gasteiger partial charge in [0, 0.05) is 44.1 Å². The summed E-state index contributed by atoms with van der Waals surface area (Å²) in [6.45, 7) is 5.90. The highest BCUT2D eigenvalue weighted by molar-refractivity contribution is 5.94. The molecule has 6 nitrogen and oxygen atoms in total. The molecule has 1 spiro atoms. The first-order chi connectivity index (χ1) is 16.1. The van der Waals surface area contributed by atoms with E-state index in [0.29, 0.717) is 12.1 Å². The van der Waals surface area contributed by atoms with Crippen LogP contribution in [0.2, 0.25) is 0 Å². The SMILES string of the molecule is Cc1ccccc1CN1CCC2(CC[C@@H](CNC(=O)c3ccc(-n4cccn4)cc3)O2)CC1. The summed E-state index contributed by atoms with van der Waals surface area (Å²) in [6.07, 6.45) is 7.95. The zero-order valence-corrected chi connectivity index (χ0v) is 19.2. The monoisotopic (exact) mass is 444 g/mol. The number of carbonyl (C=O) groups excluding carboxylic acids is 1. The summed E-state index contributed by atoms with van der Waals surface area (Å²) in [5, 5.41) is 7.28. The number of nitrogens with zero attached hydrogens (tertiary/aromatic N) is 3. The van der Waals surface area contributed by atoms with Crippen LogP contribution in [0.5, 0.6) is 0 Å². The van der Waals surface area contributed by atoms with Crippen LogP contribution < -0.4 is 5.32 Å². The molecule has 2 aliphatic rings. The molecule has 172 valence electrons. The van der Waals surface area contributed by atoms with Gasteiger partial charge in [-0.15, -0.1) is 0 Å². The van der Waals surface area contributed by atoms with Crippen LogP contribution in [0.4, 0.5) is 0 Å². The number of hydrogen-bond acceptors (Lipinski definition) is 4. The molecule has 6 heteroatoms. The maximum absolute atomic E-state index is 12.6. The first-order valence-electron chi connectivity index (χ1n) is 11.9. The number of nitrogens with one attached hydrogen (secondary N) is 1. The minimum absolute atomic E-state index is 0.0109. The van der Waals surface area contributed by atoms with E-state index >= 15 is 0 Å². The van der Waals surface area contributed by atoms with Gasteiger partial charge >= 0.3 is 0 Å². The lowest BCUT2D eigenvalue weighted by Crippen LogP contribution is -2.45. The molecule has 5 rings (SSSR count). The summed E-state index contributed by atoms with van der Waals surface area (Å²) in [6, 6.07) is 18.0. The van der Waals surface area contributed by atoms with Crippen molar-refractivity contribution < 1.29 is 9.53 Å². The summed E-state index contributed by atoms with van der Waals surface area (Å²) in [5.41, 5.74) is 4.36. The summed E-state index contributed by atoms with van der Waals surface area (Å²) in [5.74, 6) is -0.0559. The Kier molecular flexibility index (Phi) is 6.29. The lowest BCUT2D eigenvalue weighted by molar-refractivity contribution is -0.0764. The van der Waals surface area contributed by atoms with Crippen molar-refractivity contribution in [2.45, 2.75) is 50.9 Å². The first kappa shape index (κ1) is 21.9. The van der Waals surface area contributed by atoms with Gasteiger partial charge in [0.05, 0.1) is 17.4 Å². The van der Waals surface area contributed by atoms with Crippen LogP contribution in [0.15, 0.2) is 67.0 Å². The fraction of sp³-hybridized carbons (Fsp3) is 0.407. The molecule has 0 radical (unpaired) electrons. The molecule has 2 saturated heterocycles. The van der Waals surface area contributed by atoms with Crippen LogP contribution in [-0.2, 0) is 11.3 Å². The van der Waals surface area contributed by atoms with E-state index in [1.807, 2.05) is 36.5 Å². The van der Waals surface area contributed by atoms with E-state index < -0.39 is 0 Å². The number of likely N-dealkylation sites (tertiary alicyclic amines) is 1. The molecule has 0 unspecified atom stereocenters. The maximum atomic E-state index is 12.6. The molecule has 2 aliphatic heterocycles. The largest absolute Gasteiger partial charge is 0.370 e. The Labute approximate surface area is 195 Å². The summed E-state index contributed by atoms with van der Waals surface area (Å²) >= 11 is 0. The van der Waals surface area contributed by atoms with Crippen molar-refractivity contribution in [1.29, 1.82) is 0 Å². The summed E-state index contributed by atoms with van der Waals surface area (Å²) in [7, 11) is 0. The zero-order valence-electron chi connectivity index (χ0n) is 19.2. The molecule has 1 N–H and O–H groups in total. The number of hydrogen-bond donors (Lipinski definition) is 1. The van der Waals surface area contributed by atoms with Crippen LogP contribution >= 0.6 is 0 Å². The molecule has 1 amide bonds. The van der Waals surface area contributed by atoms with Gasteiger partial charge in [-0.1, -0.05) is 24.3 Å². The number of piperidine rings is 1. The highest BCUT2D eigenvalue weighted by Crippen LogP contribution is 2.39. The molecule has 3 heterocycles. The number of aromatic nitrogens is 2. The second kappa shape index (κ2) is 9.49. The molecule has 1 aromatic heterocycles. The Morgan fingerprint density at radius 3 is 2.61 bits per heavy atom. The number of aryl methyl sites for hydroxylation is 1. The van der Waals surface area contributed by atoms with Crippen molar-refractivity contribution in [2.75, 3.05) is 19.6 Å². The van der Waals surface area contributed by atoms with E-state index in [1.165, 1.54) is 11.1 Å². The Bertz CT molecular complexity index is 1070. The second-order valence-electron chi connectivity index (χ2n) is 9.37. The van der Waals surface area contributed by atoms with Crippen molar-refractivity contribution in [1.82, 2.24) is 20.0 Å². The standard InChI is InChI=1S/C27H32N4O2/c1-21-5-2-3-6-23(21)20-30-17-13-27(14-18-30)12-11-25(33-27)19-28-26(32)22-7-9-24(10-8-22)31-16-4-15-29-31/h2-10,15-16,25H,11-14,17-20H2,1H3,(H,28,32)/t25-/m0/s1. The van der Waals surface area contributed by atoms with Crippen LogP contribution in [0.3, 0.4) is 0 Å². The number of amides is 1. The van der Waals surface area contributed by atoms with E-state index in [9.17, 15) is 4.79 Å². The molecule has 2 aromatic carbocycles. The number of ether oxygens (including phenoxy) is 1. The molecule has 3 aromatic rings. The van der Waals surface area contributed by atoms with Gasteiger partial charge in [0.15, 0.2) is 0 Å². The van der Waals surface area contributed by atoms with Gasteiger partial charge in [-0.3, -0.25) is 9.69 Å². The predicted molar refractivity (Wildman–Crippen MR) is 128 cm³/mol. The molecular formula is C27H32N4O2. The predicted octanol–water partition coefficient (Wildman–Crippen LogP) is 4.12. The Morgan fingerprint density at radius 2 is 1.88 bits per heavy atom. The molecule has 2 fully saturated rings.